The maximum Gasteiger partial charge on any atom is 0.356 e. The van der Waals surface area contributed by atoms with Crippen molar-refractivity contribution in [1.82, 2.24) is 19.5 Å². The van der Waals surface area contributed by atoms with Gasteiger partial charge in [0.25, 0.3) is 0 Å². The SMILES string of the molecule is CCCCCCCCCCCCCCCCCCOC[C@@H](COP(=O)(CO[C@H](COC)Cn1cnc2c(NC)ncnc21)OCc1ccccc1)OCc1ccccc1. The molecule has 13 heteroatoms. The standard InChI is InChI=1S/C46H72N5O7P/c1-4-5-6-7-8-9-10-11-12-13-14-15-16-17-18-25-30-54-35-43(55-32-40-26-21-19-22-27-40)36-58-59(52,57-33-41-28-23-20-24-29-41)39-56-42(34-53-3)31-51-38-50-44-45(47-2)48-37-49-46(44)51/h19-24,26-29,37-38,42-43H,4-18,25,30-36,39H2,1-3H3,(H,47,48,49)/t42-,43-,59?/m0/s1. The molecule has 2 aromatic heterocycles. The Labute approximate surface area is 354 Å². The Morgan fingerprint density at radius 1 is 0.661 bits per heavy atom. The van der Waals surface area contributed by atoms with Crippen LogP contribution in [0.4, 0.5) is 5.82 Å². The van der Waals surface area contributed by atoms with Crippen molar-refractivity contribution in [3.8, 4) is 0 Å². The highest BCUT2D eigenvalue weighted by Gasteiger charge is 2.30. The number of nitrogens with one attached hydrogen (secondary N) is 1. The number of aromatic nitrogens is 4. The van der Waals surface area contributed by atoms with Crippen LogP contribution in [0.3, 0.4) is 0 Å². The van der Waals surface area contributed by atoms with Gasteiger partial charge in [0.15, 0.2) is 11.5 Å². The summed E-state index contributed by atoms with van der Waals surface area (Å²) < 4.78 is 52.7. The predicted molar refractivity (Wildman–Crippen MR) is 237 cm³/mol. The molecule has 4 rings (SSSR count). The van der Waals surface area contributed by atoms with E-state index >= 15 is 0 Å². The Balaban J connectivity index is 1.24. The zero-order valence-corrected chi connectivity index (χ0v) is 37.0. The van der Waals surface area contributed by atoms with Gasteiger partial charge in [-0.25, -0.2) is 15.0 Å². The first-order chi connectivity index (χ1) is 29.0. The van der Waals surface area contributed by atoms with Crippen LogP contribution >= 0.6 is 7.60 Å². The van der Waals surface area contributed by atoms with Crippen molar-refractivity contribution < 1.29 is 32.6 Å². The highest BCUT2D eigenvalue weighted by atomic mass is 31.2. The van der Waals surface area contributed by atoms with Crippen molar-refractivity contribution in [3.63, 3.8) is 0 Å². The first kappa shape index (κ1) is 48.4. The minimum Gasteiger partial charge on any atom is -0.382 e. The molecule has 0 radical (unpaired) electrons. The Kier molecular flexibility index (Phi) is 24.6. The van der Waals surface area contributed by atoms with Crippen molar-refractivity contribution in [3.05, 3.63) is 84.4 Å². The summed E-state index contributed by atoms with van der Waals surface area (Å²) in [4.78, 5) is 13.2. The van der Waals surface area contributed by atoms with Gasteiger partial charge < -0.3 is 37.9 Å². The number of rotatable bonds is 36. The maximum atomic E-state index is 14.5. The average molecular weight is 838 g/mol. The molecule has 4 aromatic rings. The summed E-state index contributed by atoms with van der Waals surface area (Å²) in [5.41, 5.74) is 3.19. The lowest BCUT2D eigenvalue weighted by Gasteiger charge is -2.25. The largest absolute Gasteiger partial charge is 0.382 e. The van der Waals surface area contributed by atoms with Gasteiger partial charge in [-0.1, -0.05) is 164 Å². The van der Waals surface area contributed by atoms with Crippen LogP contribution in [-0.2, 0) is 52.3 Å². The fourth-order valence-corrected chi connectivity index (χ4v) is 8.26. The van der Waals surface area contributed by atoms with Gasteiger partial charge >= 0.3 is 7.60 Å². The number of imidazole rings is 1. The van der Waals surface area contributed by atoms with Crippen LogP contribution in [-0.4, -0.2) is 78.7 Å². The predicted octanol–water partition coefficient (Wildman–Crippen LogP) is 11.1. The molecular weight excluding hydrogens is 766 g/mol. The van der Waals surface area contributed by atoms with Crippen molar-refractivity contribution in [2.75, 3.05) is 52.2 Å². The van der Waals surface area contributed by atoms with E-state index in [1.54, 1.807) is 20.5 Å². The lowest BCUT2D eigenvalue weighted by atomic mass is 10.0. The molecule has 328 valence electrons. The third-order valence-electron chi connectivity index (χ3n) is 10.4. The van der Waals surface area contributed by atoms with Crippen LogP contribution in [0, 0.1) is 0 Å². The molecule has 0 fully saturated rings. The molecule has 0 spiro atoms. The molecule has 0 saturated heterocycles. The lowest BCUT2D eigenvalue weighted by Crippen LogP contribution is -2.28. The normalized spacial score (nSPS) is 13.7. The third-order valence-corrected chi connectivity index (χ3v) is 11.9. The summed E-state index contributed by atoms with van der Waals surface area (Å²) in [5, 5.41) is 3.04. The monoisotopic (exact) mass is 838 g/mol. The van der Waals surface area contributed by atoms with Crippen molar-refractivity contribution in [2.45, 2.75) is 142 Å². The van der Waals surface area contributed by atoms with Crippen molar-refractivity contribution in [2.24, 2.45) is 0 Å². The smallest absolute Gasteiger partial charge is 0.356 e. The van der Waals surface area contributed by atoms with Gasteiger partial charge in [0.1, 0.15) is 24.3 Å². The zero-order chi connectivity index (χ0) is 41.6. The lowest BCUT2D eigenvalue weighted by molar-refractivity contribution is -0.0508. The molecule has 0 aliphatic carbocycles. The minimum atomic E-state index is -3.81. The Hall–Kier alpha value is -3.22. The van der Waals surface area contributed by atoms with E-state index in [9.17, 15) is 4.57 Å². The van der Waals surface area contributed by atoms with Gasteiger partial charge in [-0.05, 0) is 17.5 Å². The number of hydrogen-bond donors (Lipinski definition) is 1. The average Bonchev–Trinajstić information content (AvgIpc) is 3.68. The number of ether oxygens (including phenoxy) is 4. The molecule has 2 heterocycles. The number of unbranched alkanes of at least 4 members (excludes halogenated alkanes) is 15. The van der Waals surface area contributed by atoms with E-state index < -0.39 is 19.8 Å². The van der Waals surface area contributed by atoms with E-state index in [1.807, 2.05) is 65.2 Å². The first-order valence-electron chi connectivity index (χ1n) is 22.1. The van der Waals surface area contributed by atoms with E-state index in [0.717, 1.165) is 24.0 Å². The van der Waals surface area contributed by atoms with Gasteiger partial charge in [-0.15, -0.1) is 0 Å². The molecular formula is C46H72N5O7P. The highest BCUT2D eigenvalue weighted by molar-refractivity contribution is 7.53. The Bertz CT molecular complexity index is 1680. The summed E-state index contributed by atoms with van der Waals surface area (Å²) in [5.74, 6) is 0.628. The molecule has 0 saturated carbocycles. The zero-order valence-electron chi connectivity index (χ0n) is 36.1. The summed E-state index contributed by atoms with van der Waals surface area (Å²) >= 11 is 0. The fourth-order valence-electron chi connectivity index (χ4n) is 6.91. The second-order valence-corrected chi connectivity index (χ2v) is 17.4. The molecule has 0 aliphatic rings. The van der Waals surface area contributed by atoms with E-state index in [0.29, 0.717) is 43.3 Å². The quantitative estimate of drug-likeness (QED) is 0.0347. The van der Waals surface area contributed by atoms with Crippen LogP contribution < -0.4 is 5.32 Å². The topological polar surface area (TPSA) is 128 Å². The molecule has 1 unspecified atom stereocenters. The molecule has 0 bridgehead atoms. The molecule has 1 N–H and O–H groups in total. The van der Waals surface area contributed by atoms with E-state index in [-0.39, 0.29) is 26.2 Å². The molecule has 12 nitrogen and oxygen atoms in total. The van der Waals surface area contributed by atoms with Crippen LogP contribution in [0.5, 0.6) is 0 Å². The number of nitrogens with zero attached hydrogens (tertiary/aromatic N) is 4. The van der Waals surface area contributed by atoms with Crippen LogP contribution in [0.15, 0.2) is 73.3 Å². The maximum absolute atomic E-state index is 14.5. The van der Waals surface area contributed by atoms with Gasteiger partial charge in [0.05, 0.1) is 52.0 Å². The van der Waals surface area contributed by atoms with Crippen LogP contribution in [0.25, 0.3) is 11.2 Å². The fraction of sp³-hybridized carbons (Fsp3) is 0.630. The Morgan fingerprint density at radius 3 is 1.85 bits per heavy atom. The van der Waals surface area contributed by atoms with E-state index in [4.69, 9.17) is 28.0 Å². The van der Waals surface area contributed by atoms with Crippen LogP contribution in [0.2, 0.25) is 0 Å². The van der Waals surface area contributed by atoms with Gasteiger partial charge in [0, 0.05) is 20.8 Å². The minimum absolute atomic E-state index is 0.00599. The van der Waals surface area contributed by atoms with E-state index in [1.165, 1.54) is 96.2 Å². The molecule has 0 aliphatic heterocycles. The molecule has 0 amide bonds. The summed E-state index contributed by atoms with van der Waals surface area (Å²) in [6.07, 6.45) is 23.1. The molecule has 59 heavy (non-hydrogen) atoms. The van der Waals surface area contributed by atoms with Gasteiger partial charge in [-0.2, -0.15) is 0 Å². The second-order valence-electron chi connectivity index (χ2n) is 15.4. The van der Waals surface area contributed by atoms with Crippen molar-refractivity contribution in [1.29, 1.82) is 0 Å². The van der Waals surface area contributed by atoms with Crippen LogP contribution in [0.1, 0.15) is 121 Å². The van der Waals surface area contributed by atoms with Gasteiger partial charge in [-0.3, -0.25) is 4.57 Å². The first-order valence-corrected chi connectivity index (χ1v) is 23.9. The number of anilines is 1. The molecule has 2 aromatic carbocycles. The number of methoxy groups -OCH3 is 1. The Morgan fingerprint density at radius 2 is 1.25 bits per heavy atom. The summed E-state index contributed by atoms with van der Waals surface area (Å²) in [6, 6.07) is 19.6. The number of benzene rings is 2. The number of hydrogen-bond acceptors (Lipinski definition) is 11. The highest BCUT2D eigenvalue weighted by Crippen LogP contribution is 2.49. The summed E-state index contributed by atoms with van der Waals surface area (Å²) in [7, 11) is -0.430. The van der Waals surface area contributed by atoms with E-state index in [2.05, 4.69) is 27.2 Å². The number of fused-ring (bicyclic) bond motifs is 1. The van der Waals surface area contributed by atoms with Gasteiger partial charge in [0.2, 0.25) is 0 Å². The third kappa shape index (κ3) is 19.8. The van der Waals surface area contributed by atoms with Crippen molar-refractivity contribution >= 4 is 24.6 Å². The molecule has 3 atom stereocenters. The second kappa shape index (κ2) is 29.9. The summed E-state index contributed by atoms with van der Waals surface area (Å²) in [6.45, 7) is 4.28.